The number of carbonyl (C=O) groups is 1. The first-order valence-electron chi connectivity index (χ1n) is 7.17. The summed E-state index contributed by atoms with van der Waals surface area (Å²) in [5.41, 5.74) is 2.31. The van der Waals surface area contributed by atoms with Crippen LogP contribution >= 0.6 is 11.6 Å². The zero-order chi connectivity index (χ0) is 16.0. The maximum atomic E-state index is 12.5. The van der Waals surface area contributed by atoms with Crippen molar-refractivity contribution in [2.45, 2.75) is 12.3 Å². The summed E-state index contributed by atoms with van der Waals surface area (Å²) in [6.45, 7) is 0. The Morgan fingerprint density at radius 3 is 2.87 bits per heavy atom. The summed E-state index contributed by atoms with van der Waals surface area (Å²) in [6, 6.07) is 9.09. The molecule has 7 heteroatoms. The fourth-order valence-electron chi connectivity index (χ4n) is 2.79. The number of ketones is 1. The maximum Gasteiger partial charge on any atom is 0.438 e. The predicted molar refractivity (Wildman–Crippen MR) is 83.5 cm³/mol. The number of hydrogen-bond donors (Lipinski definition) is 2. The van der Waals surface area contributed by atoms with Gasteiger partial charge in [-0.15, -0.1) is 0 Å². The highest BCUT2D eigenvalue weighted by Crippen LogP contribution is 2.47. The first kappa shape index (κ1) is 14.0. The summed E-state index contributed by atoms with van der Waals surface area (Å²) in [5.74, 6) is -0.448. The van der Waals surface area contributed by atoms with Gasteiger partial charge in [-0.1, -0.05) is 28.9 Å². The van der Waals surface area contributed by atoms with Crippen molar-refractivity contribution >= 4 is 17.4 Å². The minimum atomic E-state index is -0.601. The molecule has 1 fully saturated rings. The molecular weight excluding hydrogens is 318 g/mol. The number of aromatic nitrogens is 3. The summed E-state index contributed by atoms with van der Waals surface area (Å²) in [5, 5.41) is 4.16. The molecule has 0 aliphatic heterocycles. The van der Waals surface area contributed by atoms with Gasteiger partial charge in [-0.3, -0.25) is 14.3 Å². The van der Waals surface area contributed by atoms with Crippen molar-refractivity contribution in [3.8, 4) is 11.3 Å². The molecule has 2 N–H and O–H groups in total. The van der Waals surface area contributed by atoms with Crippen LogP contribution in [-0.4, -0.2) is 20.9 Å². The predicted octanol–water partition coefficient (Wildman–Crippen LogP) is 3.00. The van der Waals surface area contributed by atoms with Crippen LogP contribution in [0.3, 0.4) is 0 Å². The maximum absolute atomic E-state index is 12.5. The third kappa shape index (κ3) is 2.51. The van der Waals surface area contributed by atoms with E-state index in [0.717, 1.165) is 11.3 Å². The fourth-order valence-corrected chi connectivity index (χ4v) is 3.07. The van der Waals surface area contributed by atoms with Gasteiger partial charge in [0.15, 0.2) is 11.6 Å². The average molecular weight is 330 g/mol. The number of carbonyl (C=O) groups excluding carboxylic acids is 1. The normalized spacial score (nSPS) is 19.7. The van der Waals surface area contributed by atoms with Crippen LogP contribution in [-0.2, 0) is 0 Å². The van der Waals surface area contributed by atoms with Gasteiger partial charge in [-0.2, -0.15) is 0 Å². The number of Topliss-reactive ketones (excluding diaryl/α,β-unsaturated/α-hetero) is 1. The second-order valence-electron chi connectivity index (χ2n) is 5.57. The topological polar surface area (TPSA) is 91.8 Å². The van der Waals surface area contributed by atoms with E-state index in [-0.39, 0.29) is 17.6 Å². The van der Waals surface area contributed by atoms with Crippen LogP contribution in [0.5, 0.6) is 0 Å². The molecule has 1 aromatic carbocycles. The van der Waals surface area contributed by atoms with Crippen molar-refractivity contribution in [1.29, 1.82) is 0 Å². The Kier molecular flexibility index (Phi) is 3.20. The smallest absolute Gasteiger partial charge is 0.361 e. The SMILES string of the molecule is O=C(c1ccc(-c2ccc[nH]2)c(Cl)c1)C1CC1c1noc(=O)[nH]1. The molecule has 1 aliphatic rings. The molecule has 0 amide bonds. The summed E-state index contributed by atoms with van der Waals surface area (Å²) < 4.78 is 4.48. The van der Waals surface area contributed by atoms with Gasteiger partial charge in [-0.25, -0.2) is 4.79 Å². The van der Waals surface area contributed by atoms with Gasteiger partial charge in [0, 0.05) is 34.9 Å². The van der Waals surface area contributed by atoms with Gasteiger partial charge < -0.3 is 4.98 Å². The molecule has 23 heavy (non-hydrogen) atoms. The van der Waals surface area contributed by atoms with E-state index in [1.54, 1.807) is 12.1 Å². The molecule has 0 bridgehead atoms. The Hall–Kier alpha value is -2.60. The number of halogens is 1. The third-order valence-corrected chi connectivity index (χ3v) is 4.39. The lowest BCUT2D eigenvalue weighted by atomic mass is 10.0. The van der Waals surface area contributed by atoms with Crippen LogP contribution in [0.4, 0.5) is 0 Å². The average Bonchev–Trinajstić information content (AvgIpc) is 2.94. The van der Waals surface area contributed by atoms with Crippen molar-refractivity contribution in [2.75, 3.05) is 0 Å². The fraction of sp³-hybridized carbons (Fsp3) is 0.188. The molecule has 3 aromatic rings. The van der Waals surface area contributed by atoms with Crippen LogP contribution in [0.1, 0.15) is 28.5 Å². The Morgan fingerprint density at radius 2 is 2.22 bits per heavy atom. The Morgan fingerprint density at radius 1 is 1.35 bits per heavy atom. The van der Waals surface area contributed by atoms with Gasteiger partial charge in [0.2, 0.25) is 0 Å². The summed E-state index contributed by atoms with van der Waals surface area (Å²) in [6.07, 6.45) is 2.47. The molecule has 1 saturated carbocycles. The molecule has 2 atom stereocenters. The molecule has 1 aliphatic carbocycles. The standard InChI is InChI=1S/C16H12ClN3O3/c17-12-6-8(3-4-9(12)13-2-1-5-18-13)14(21)10-7-11(10)15-19-16(22)23-20-15/h1-6,10-11,18H,7H2,(H,19,20,22). The second-order valence-corrected chi connectivity index (χ2v) is 5.98. The van der Waals surface area contributed by atoms with E-state index in [4.69, 9.17) is 11.6 Å². The molecule has 2 aromatic heterocycles. The number of aromatic amines is 2. The highest BCUT2D eigenvalue weighted by atomic mass is 35.5. The summed E-state index contributed by atoms with van der Waals surface area (Å²) in [4.78, 5) is 29.1. The molecule has 6 nitrogen and oxygen atoms in total. The molecule has 2 unspecified atom stereocenters. The van der Waals surface area contributed by atoms with Crippen LogP contribution in [0, 0.1) is 5.92 Å². The Labute approximate surface area is 135 Å². The number of hydrogen-bond acceptors (Lipinski definition) is 4. The molecule has 2 heterocycles. The Balaban J connectivity index is 1.56. The number of H-pyrrole nitrogens is 2. The van der Waals surface area contributed by atoms with Gasteiger partial charge in [-0.05, 0) is 24.6 Å². The quantitative estimate of drug-likeness (QED) is 0.720. The highest BCUT2D eigenvalue weighted by Gasteiger charge is 2.46. The largest absolute Gasteiger partial charge is 0.438 e. The van der Waals surface area contributed by atoms with Crippen molar-refractivity contribution < 1.29 is 9.32 Å². The molecule has 116 valence electrons. The minimum Gasteiger partial charge on any atom is -0.361 e. The van der Waals surface area contributed by atoms with Gasteiger partial charge in [0.1, 0.15) is 0 Å². The van der Waals surface area contributed by atoms with Crippen LogP contribution in [0.25, 0.3) is 11.3 Å². The molecule has 0 saturated heterocycles. The van der Waals surface area contributed by atoms with Crippen molar-refractivity contribution in [3.05, 3.63) is 63.5 Å². The van der Waals surface area contributed by atoms with E-state index in [1.807, 2.05) is 24.4 Å². The summed E-state index contributed by atoms with van der Waals surface area (Å²) in [7, 11) is 0. The van der Waals surface area contributed by atoms with Crippen LogP contribution in [0.2, 0.25) is 5.02 Å². The number of rotatable bonds is 4. The van der Waals surface area contributed by atoms with Crippen molar-refractivity contribution in [3.63, 3.8) is 0 Å². The van der Waals surface area contributed by atoms with Crippen molar-refractivity contribution in [1.82, 2.24) is 15.1 Å². The molecule has 4 rings (SSSR count). The van der Waals surface area contributed by atoms with E-state index in [1.165, 1.54) is 0 Å². The molecular formula is C16H12ClN3O3. The van der Waals surface area contributed by atoms with Crippen molar-refractivity contribution in [2.24, 2.45) is 5.92 Å². The lowest BCUT2D eigenvalue weighted by Crippen LogP contribution is -2.04. The number of nitrogens with zero attached hydrogens (tertiary/aromatic N) is 1. The minimum absolute atomic E-state index is 0.00113. The second kappa shape index (κ2) is 5.24. The lowest BCUT2D eigenvalue weighted by molar-refractivity contribution is 0.0964. The van der Waals surface area contributed by atoms with E-state index >= 15 is 0 Å². The zero-order valence-electron chi connectivity index (χ0n) is 11.9. The summed E-state index contributed by atoms with van der Waals surface area (Å²) >= 11 is 6.30. The monoisotopic (exact) mass is 329 g/mol. The van der Waals surface area contributed by atoms with Gasteiger partial charge in [0.25, 0.3) is 0 Å². The molecule has 0 radical (unpaired) electrons. The Bertz CT molecular complexity index is 926. The van der Waals surface area contributed by atoms with Gasteiger partial charge in [0.05, 0.1) is 5.02 Å². The first-order chi connectivity index (χ1) is 11.1. The van der Waals surface area contributed by atoms with E-state index in [9.17, 15) is 9.59 Å². The number of nitrogens with one attached hydrogen (secondary N) is 2. The first-order valence-corrected chi connectivity index (χ1v) is 7.54. The lowest BCUT2D eigenvalue weighted by Gasteiger charge is -2.05. The van der Waals surface area contributed by atoms with E-state index < -0.39 is 5.76 Å². The third-order valence-electron chi connectivity index (χ3n) is 4.08. The van der Waals surface area contributed by atoms with E-state index in [2.05, 4.69) is 19.6 Å². The van der Waals surface area contributed by atoms with Crippen LogP contribution in [0.15, 0.2) is 45.8 Å². The highest BCUT2D eigenvalue weighted by molar-refractivity contribution is 6.33. The van der Waals surface area contributed by atoms with Crippen LogP contribution < -0.4 is 5.76 Å². The molecule has 0 spiro atoms. The zero-order valence-corrected chi connectivity index (χ0v) is 12.6. The van der Waals surface area contributed by atoms with E-state index in [0.29, 0.717) is 22.8 Å². The van der Waals surface area contributed by atoms with Gasteiger partial charge >= 0.3 is 5.76 Å². The number of benzene rings is 1.